The van der Waals surface area contributed by atoms with Crippen LogP contribution in [0.2, 0.25) is 5.02 Å². The number of anilines is 1. The van der Waals surface area contributed by atoms with Crippen LogP contribution in [0, 0.1) is 17.1 Å². The van der Waals surface area contributed by atoms with E-state index in [4.69, 9.17) is 21.3 Å². The minimum atomic E-state index is -0.582. The van der Waals surface area contributed by atoms with Crippen LogP contribution in [0.1, 0.15) is 19.3 Å². The van der Waals surface area contributed by atoms with Crippen molar-refractivity contribution in [2.45, 2.75) is 31.3 Å². The van der Waals surface area contributed by atoms with E-state index in [1.165, 1.54) is 0 Å². The van der Waals surface area contributed by atoms with Crippen molar-refractivity contribution in [3.63, 3.8) is 0 Å². The van der Waals surface area contributed by atoms with Gasteiger partial charge in [0.2, 0.25) is 0 Å². The Balaban J connectivity index is 1.47. The molecular formula is C29H30ClFN8O. The summed E-state index contributed by atoms with van der Waals surface area (Å²) in [6.07, 6.45) is 7.42. The minimum Gasteiger partial charge on any atom is -0.462 e. The van der Waals surface area contributed by atoms with Gasteiger partial charge in [-0.15, -0.1) is 0 Å². The summed E-state index contributed by atoms with van der Waals surface area (Å²) in [5.74, 6) is -0.0243. The average Bonchev–Trinajstić information content (AvgIpc) is 3.37. The van der Waals surface area contributed by atoms with Crippen LogP contribution < -0.4 is 9.64 Å². The second-order valence-electron chi connectivity index (χ2n) is 10.6. The Morgan fingerprint density at radius 1 is 1.10 bits per heavy atom. The lowest BCUT2D eigenvalue weighted by atomic mass is 10.0. The molecule has 0 aliphatic carbocycles. The van der Waals surface area contributed by atoms with Crippen molar-refractivity contribution < 1.29 is 9.13 Å². The molecule has 4 aromatic rings. The minimum absolute atomic E-state index is 0.0289. The van der Waals surface area contributed by atoms with Crippen molar-refractivity contribution >= 4 is 39.1 Å². The van der Waals surface area contributed by atoms with E-state index in [1.807, 2.05) is 19.2 Å². The summed E-state index contributed by atoms with van der Waals surface area (Å²) in [6, 6.07) is 8.18. The number of fused-ring (bicyclic) bond motifs is 2. The van der Waals surface area contributed by atoms with E-state index in [0.717, 1.165) is 31.3 Å². The van der Waals surface area contributed by atoms with Gasteiger partial charge in [0.15, 0.2) is 5.82 Å². The van der Waals surface area contributed by atoms with Crippen molar-refractivity contribution in [3.8, 4) is 23.3 Å². The van der Waals surface area contributed by atoms with Crippen molar-refractivity contribution in [2.75, 3.05) is 51.8 Å². The third kappa shape index (κ3) is 4.89. The Morgan fingerprint density at radius 2 is 1.95 bits per heavy atom. The molecule has 6 rings (SSSR count). The van der Waals surface area contributed by atoms with E-state index in [2.05, 4.69) is 42.8 Å². The first-order valence-electron chi connectivity index (χ1n) is 13.5. The van der Waals surface area contributed by atoms with Gasteiger partial charge in [-0.3, -0.25) is 14.9 Å². The SMILES string of the molecule is CN1CCC[C@H]1COc1nc(N2CCN(C)[C@@H](CC#N)C2)c2cnc(-c3cncc4cccc(Cl)c34)c(F)c2n1. The van der Waals surface area contributed by atoms with E-state index in [1.54, 1.807) is 24.7 Å². The van der Waals surface area contributed by atoms with E-state index < -0.39 is 5.82 Å². The van der Waals surface area contributed by atoms with Gasteiger partial charge in [0.25, 0.3) is 0 Å². The molecular weight excluding hydrogens is 531 g/mol. The number of ether oxygens (including phenoxy) is 1. The third-order valence-electron chi connectivity index (χ3n) is 8.11. The number of hydrogen-bond donors (Lipinski definition) is 0. The van der Waals surface area contributed by atoms with Crippen LogP contribution in [-0.4, -0.2) is 88.7 Å². The molecule has 2 aliphatic rings. The molecule has 9 nitrogen and oxygen atoms in total. The molecule has 206 valence electrons. The lowest BCUT2D eigenvalue weighted by Crippen LogP contribution is -2.51. The molecule has 2 atom stereocenters. The predicted molar refractivity (Wildman–Crippen MR) is 153 cm³/mol. The monoisotopic (exact) mass is 560 g/mol. The number of pyridine rings is 2. The molecule has 0 amide bonds. The molecule has 11 heteroatoms. The van der Waals surface area contributed by atoms with Gasteiger partial charge in [-0.05, 0) is 39.5 Å². The Hall–Kier alpha value is -3.65. The number of benzene rings is 1. The largest absolute Gasteiger partial charge is 0.462 e. The number of aromatic nitrogens is 4. The summed E-state index contributed by atoms with van der Waals surface area (Å²) < 4.78 is 22.6. The van der Waals surface area contributed by atoms with Gasteiger partial charge in [0, 0.05) is 71.7 Å². The highest BCUT2D eigenvalue weighted by Crippen LogP contribution is 2.37. The zero-order valence-corrected chi connectivity index (χ0v) is 23.3. The second-order valence-corrected chi connectivity index (χ2v) is 11.0. The van der Waals surface area contributed by atoms with Gasteiger partial charge in [-0.25, -0.2) is 4.39 Å². The van der Waals surface area contributed by atoms with E-state index in [-0.39, 0.29) is 29.3 Å². The summed E-state index contributed by atoms with van der Waals surface area (Å²) in [7, 11) is 4.09. The van der Waals surface area contributed by atoms with Gasteiger partial charge in [0.1, 0.15) is 23.6 Å². The van der Waals surface area contributed by atoms with Crippen molar-refractivity contribution in [1.82, 2.24) is 29.7 Å². The number of hydrogen-bond acceptors (Lipinski definition) is 9. The van der Waals surface area contributed by atoms with Gasteiger partial charge in [-0.2, -0.15) is 15.2 Å². The zero-order chi connectivity index (χ0) is 27.8. The Morgan fingerprint density at radius 3 is 2.75 bits per heavy atom. The molecule has 2 fully saturated rings. The normalized spacial score (nSPS) is 20.3. The first-order valence-corrected chi connectivity index (χ1v) is 13.9. The Bertz CT molecular complexity index is 1610. The molecule has 1 aromatic carbocycles. The maximum atomic E-state index is 16.4. The maximum absolute atomic E-state index is 16.4. The number of piperazine rings is 1. The highest BCUT2D eigenvalue weighted by Gasteiger charge is 2.29. The number of nitrogens with zero attached hydrogens (tertiary/aromatic N) is 8. The predicted octanol–water partition coefficient (Wildman–Crippen LogP) is 4.54. The Labute approximate surface area is 237 Å². The second kappa shape index (κ2) is 11.1. The van der Waals surface area contributed by atoms with Crippen LogP contribution in [-0.2, 0) is 0 Å². The van der Waals surface area contributed by atoms with Gasteiger partial charge < -0.3 is 14.5 Å². The summed E-state index contributed by atoms with van der Waals surface area (Å²) in [5, 5.41) is 11.8. The number of halogens is 2. The van der Waals surface area contributed by atoms with Crippen LogP contribution in [0.15, 0.2) is 36.8 Å². The number of likely N-dealkylation sites (N-methyl/N-ethyl adjacent to an activating group) is 2. The van der Waals surface area contributed by atoms with Crippen LogP contribution >= 0.6 is 11.6 Å². The molecule has 0 unspecified atom stereocenters. The molecule has 3 aromatic heterocycles. The first kappa shape index (κ1) is 26.6. The van der Waals surface area contributed by atoms with Crippen molar-refractivity contribution in [3.05, 3.63) is 47.6 Å². The molecule has 5 heterocycles. The third-order valence-corrected chi connectivity index (χ3v) is 8.43. The fraction of sp³-hybridized carbons (Fsp3) is 0.414. The van der Waals surface area contributed by atoms with E-state index >= 15 is 4.39 Å². The quantitative estimate of drug-likeness (QED) is 0.337. The van der Waals surface area contributed by atoms with Crippen LogP contribution in [0.4, 0.5) is 10.2 Å². The molecule has 0 bridgehead atoms. The summed E-state index contributed by atoms with van der Waals surface area (Å²) in [6.45, 7) is 3.43. The van der Waals surface area contributed by atoms with Crippen LogP contribution in [0.25, 0.3) is 32.9 Å². The zero-order valence-electron chi connectivity index (χ0n) is 22.5. The highest BCUT2D eigenvalue weighted by atomic mass is 35.5. The van der Waals surface area contributed by atoms with Gasteiger partial charge in [-0.1, -0.05) is 23.7 Å². The lowest BCUT2D eigenvalue weighted by molar-refractivity contribution is 0.188. The topological polar surface area (TPSA) is 94.3 Å². The molecule has 0 N–H and O–H groups in total. The molecule has 2 saturated heterocycles. The average molecular weight is 561 g/mol. The van der Waals surface area contributed by atoms with Crippen LogP contribution in [0.5, 0.6) is 6.01 Å². The first-order chi connectivity index (χ1) is 19.4. The lowest BCUT2D eigenvalue weighted by Gasteiger charge is -2.39. The van der Waals surface area contributed by atoms with Gasteiger partial charge in [0.05, 0.1) is 17.9 Å². The highest BCUT2D eigenvalue weighted by molar-refractivity contribution is 6.36. The smallest absolute Gasteiger partial charge is 0.319 e. The number of nitriles is 1. The Kier molecular flexibility index (Phi) is 7.36. The fourth-order valence-corrected chi connectivity index (χ4v) is 5.99. The number of rotatable bonds is 6. The molecule has 40 heavy (non-hydrogen) atoms. The fourth-order valence-electron chi connectivity index (χ4n) is 5.71. The van der Waals surface area contributed by atoms with Crippen molar-refractivity contribution in [2.24, 2.45) is 0 Å². The maximum Gasteiger partial charge on any atom is 0.319 e. The molecule has 0 saturated carbocycles. The summed E-state index contributed by atoms with van der Waals surface area (Å²) in [4.78, 5) is 24.7. The van der Waals surface area contributed by atoms with Crippen molar-refractivity contribution in [1.29, 1.82) is 5.26 Å². The molecule has 0 radical (unpaired) electrons. The summed E-state index contributed by atoms with van der Waals surface area (Å²) >= 11 is 6.54. The summed E-state index contributed by atoms with van der Waals surface area (Å²) in [5.41, 5.74) is 0.738. The number of likely N-dealkylation sites (tertiary alicyclic amines) is 1. The van der Waals surface area contributed by atoms with E-state index in [9.17, 15) is 5.26 Å². The van der Waals surface area contributed by atoms with Gasteiger partial charge >= 0.3 is 6.01 Å². The molecule has 0 spiro atoms. The van der Waals surface area contributed by atoms with Crippen LogP contribution in [0.3, 0.4) is 0 Å². The molecule has 2 aliphatic heterocycles. The van der Waals surface area contributed by atoms with E-state index in [0.29, 0.717) is 53.3 Å². The standard InChI is InChI=1S/C29H30ClFN8O/c1-37-10-4-6-20(37)17-40-29-35-27-22(28(36-29)39-12-11-38(2)19(16-39)8-9-32)15-34-26(25(27)31)21-14-33-13-18-5-3-7-23(30)24(18)21/h3,5,7,13-15,19-20H,4,6,8,10-12,16-17H2,1-2H3/t19-,20-/m0/s1.